The predicted octanol–water partition coefficient (Wildman–Crippen LogP) is 6.92. The molecular weight excluding hydrogens is 444 g/mol. The number of carbonyl (C=O) groups excluding carboxylic acids is 2. The first-order chi connectivity index (χ1) is 17.0. The van der Waals surface area contributed by atoms with E-state index in [1.807, 2.05) is 12.1 Å². The summed E-state index contributed by atoms with van der Waals surface area (Å²) in [6, 6.07) is 14.0. The molecule has 2 aromatic rings. The van der Waals surface area contributed by atoms with Crippen LogP contribution < -0.4 is 14.2 Å². The van der Waals surface area contributed by atoms with Crippen LogP contribution in [-0.4, -0.2) is 31.8 Å². The van der Waals surface area contributed by atoms with Crippen LogP contribution in [0.4, 0.5) is 0 Å². The minimum Gasteiger partial charge on any atom is -0.494 e. The molecule has 0 radical (unpaired) electrons. The lowest BCUT2D eigenvalue weighted by molar-refractivity contribution is -0.139. The molecule has 6 nitrogen and oxygen atoms in total. The van der Waals surface area contributed by atoms with Gasteiger partial charge in [0.15, 0.2) is 0 Å². The van der Waals surface area contributed by atoms with Crippen molar-refractivity contribution in [2.75, 3.05) is 19.8 Å². The molecule has 0 fully saturated rings. The topological polar surface area (TPSA) is 71.1 Å². The van der Waals surface area contributed by atoms with Crippen molar-refractivity contribution in [1.29, 1.82) is 0 Å². The highest BCUT2D eigenvalue weighted by Gasteiger charge is 2.09. The number of hydrogen-bond donors (Lipinski definition) is 0. The Balaban J connectivity index is 1.62. The van der Waals surface area contributed by atoms with Gasteiger partial charge in [-0.15, -0.1) is 0 Å². The van der Waals surface area contributed by atoms with Crippen molar-refractivity contribution in [1.82, 2.24) is 0 Å². The van der Waals surface area contributed by atoms with Crippen molar-refractivity contribution in [3.8, 4) is 17.2 Å². The highest BCUT2D eigenvalue weighted by Crippen LogP contribution is 2.20. The number of hydrogen-bond acceptors (Lipinski definition) is 6. The number of esters is 2. The Kier molecular flexibility index (Phi) is 13.1. The van der Waals surface area contributed by atoms with E-state index >= 15 is 0 Å². The molecule has 0 aliphatic heterocycles. The molecule has 35 heavy (non-hydrogen) atoms. The lowest BCUT2D eigenvalue weighted by Gasteiger charge is -2.09. The maximum absolute atomic E-state index is 12.4. The molecule has 0 aromatic heterocycles. The van der Waals surface area contributed by atoms with Gasteiger partial charge in [-0.2, -0.15) is 0 Å². The lowest BCUT2D eigenvalue weighted by atomic mass is 10.2. The van der Waals surface area contributed by atoms with Crippen molar-refractivity contribution in [3.05, 3.63) is 66.2 Å². The Morgan fingerprint density at radius 2 is 1.17 bits per heavy atom. The average Bonchev–Trinajstić information content (AvgIpc) is 2.86. The fourth-order valence-electron chi connectivity index (χ4n) is 3.21. The summed E-state index contributed by atoms with van der Waals surface area (Å²) in [7, 11) is 0. The molecule has 2 rings (SSSR count). The highest BCUT2D eigenvalue weighted by molar-refractivity contribution is 5.91. The van der Waals surface area contributed by atoms with E-state index in [2.05, 4.69) is 13.5 Å². The molecule has 0 saturated heterocycles. The van der Waals surface area contributed by atoms with Gasteiger partial charge >= 0.3 is 11.9 Å². The highest BCUT2D eigenvalue weighted by atomic mass is 16.5. The number of carbonyl (C=O) groups is 2. The van der Waals surface area contributed by atoms with Crippen LogP contribution in [0.1, 0.15) is 75.6 Å². The van der Waals surface area contributed by atoms with Gasteiger partial charge < -0.3 is 18.9 Å². The van der Waals surface area contributed by atoms with E-state index in [1.54, 1.807) is 43.3 Å². The Labute approximate surface area is 209 Å². The van der Waals surface area contributed by atoms with Crippen LogP contribution in [0.15, 0.2) is 60.7 Å². The van der Waals surface area contributed by atoms with Crippen LogP contribution in [0.3, 0.4) is 0 Å². The van der Waals surface area contributed by atoms with Gasteiger partial charge in [0.25, 0.3) is 0 Å². The van der Waals surface area contributed by atoms with E-state index in [4.69, 9.17) is 18.9 Å². The first-order valence-electron chi connectivity index (χ1n) is 12.5. The summed E-state index contributed by atoms with van der Waals surface area (Å²) in [4.78, 5) is 23.7. The van der Waals surface area contributed by atoms with E-state index < -0.39 is 5.97 Å². The number of benzene rings is 2. The minimum absolute atomic E-state index is 0.336. The number of ether oxygens (including phenoxy) is 4. The zero-order valence-electron chi connectivity index (χ0n) is 21.1. The number of unbranched alkanes of at least 4 members (excludes halogenated alkanes) is 6. The molecule has 0 bridgehead atoms. The monoisotopic (exact) mass is 482 g/mol. The molecule has 0 N–H and O–H groups in total. The van der Waals surface area contributed by atoms with Gasteiger partial charge in [-0.05, 0) is 87.6 Å². The summed E-state index contributed by atoms with van der Waals surface area (Å²) in [5.41, 5.74) is 0.878. The molecule has 6 heteroatoms. The van der Waals surface area contributed by atoms with E-state index in [9.17, 15) is 9.59 Å². The van der Waals surface area contributed by atoms with Gasteiger partial charge in [0.1, 0.15) is 17.2 Å². The Hall–Kier alpha value is -3.28. The summed E-state index contributed by atoms with van der Waals surface area (Å²) < 4.78 is 22.0. The smallest absolute Gasteiger partial charge is 0.343 e. The molecular formula is C29H38O6. The second-order valence-electron chi connectivity index (χ2n) is 8.47. The minimum atomic E-state index is -0.419. The maximum Gasteiger partial charge on any atom is 0.343 e. The molecule has 0 spiro atoms. The van der Waals surface area contributed by atoms with Crippen LogP contribution in [-0.2, 0) is 9.53 Å². The van der Waals surface area contributed by atoms with E-state index in [-0.39, 0.29) is 5.97 Å². The average molecular weight is 483 g/mol. The van der Waals surface area contributed by atoms with Gasteiger partial charge in [-0.3, -0.25) is 0 Å². The van der Waals surface area contributed by atoms with E-state index in [0.717, 1.165) is 37.9 Å². The van der Waals surface area contributed by atoms with Gasteiger partial charge in [0, 0.05) is 5.57 Å². The molecule has 190 valence electrons. The predicted molar refractivity (Wildman–Crippen MR) is 137 cm³/mol. The zero-order valence-corrected chi connectivity index (χ0v) is 21.1. The van der Waals surface area contributed by atoms with E-state index in [1.165, 1.54) is 19.3 Å². The Morgan fingerprint density at radius 3 is 1.71 bits per heavy atom. The van der Waals surface area contributed by atoms with E-state index in [0.29, 0.717) is 42.5 Å². The van der Waals surface area contributed by atoms with Crippen LogP contribution in [0.2, 0.25) is 0 Å². The molecule has 0 amide bonds. The summed E-state index contributed by atoms with van der Waals surface area (Å²) in [6.45, 7) is 9.08. The molecule has 0 atom stereocenters. The quantitative estimate of drug-likeness (QED) is 0.105. The van der Waals surface area contributed by atoms with Crippen LogP contribution >= 0.6 is 0 Å². The van der Waals surface area contributed by atoms with Crippen LogP contribution in [0.25, 0.3) is 0 Å². The summed E-state index contributed by atoms with van der Waals surface area (Å²) in [5, 5.41) is 0. The largest absolute Gasteiger partial charge is 0.494 e. The summed E-state index contributed by atoms with van der Waals surface area (Å²) in [5.74, 6) is 1.20. The fourth-order valence-corrected chi connectivity index (χ4v) is 3.21. The second kappa shape index (κ2) is 16.4. The molecule has 0 saturated carbocycles. The van der Waals surface area contributed by atoms with Crippen molar-refractivity contribution in [2.45, 2.75) is 65.2 Å². The molecule has 0 heterocycles. The fraction of sp³-hybridized carbons (Fsp3) is 0.448. The van der Waals surface area contributed by atoms with Gasteiger partial charge in [0.05, 0.1) is 25.4 Å². The first kappa shape index (κ1) is 28.0. The molecule has 0 aliphatic carbocycles. The van der Waals surface area contributed by atoms with Gasteiger partial charge in [0.2, 0.25) is 0 Å². The SMILES string of the molecule is C=C(C)C(=O)OCCCCCCOc1ccc(C(=O)Oc2ccc(OCCCCCC)cc2)cc1. The van der Waals surface area contributed by atoms with Crippen molar-refractivity contribution < 1.29 is 28.5 Å². The van der Waals surface area contributed by atoms with Crippen molar-refractivity contribution in [3.63, 3.8) is 0 Å². The third-order valence-corrected chi connectivity index (χ3v) is 5.28. The third-order valence-electron chi connectivity index (χ3n) is 5.28. The zero-order chi connectivity index (χ0) is 25.3. The molecule has 2 aromatic carbocycles. The molecule has 0 unspecified atom stereocenters. The summed E-state index contributed by atoms with van der Waals surface area (Å²) >= 11 is 0. The maximum atomic E-state index is 12.4. The third kappa shape index (κ3) is 11.6. The van der Waals surface area contributed by atoms with Crippen LogP contribution in [0, 0.1) is 0 Å². The second-order valence-corrected chi connectivity index (χ2v) is 8.47. The van der Waals surface area contributed by atoms with Crippen molar-refractivity contribution in [2.24, 2.45) is 0 Å². The number of rotatable bonds is 17. The van der Waals surface area contributed by atoms with Crippen molar-refractivity contribution >= 4 is 11.9 Å². The molecule has 0 aliphatic rings. The normalized spacial score (nSPS) is 10.5. The lowest BCUT2D eigenvalue weighted by Crippen LogP contribution is -2.08. The Morgan fingerprint density at radius 1 is 0.686 bits per heavy atom. The first-order valence-corrected chi connectivity index (χ1v) is 12.5. The van der Waals surface area contributed by atoms with Crippen LogP contribution in [0.5, 0.6) is 17.2 Å². The standard InChI is InChI=1S/C29H38O6/c1-4-5-6-9-20-33-26-16-18-27(19-17-26)35-29(31)24-12-14-25(15-13-24)32-21-10-7-8-11-22-34-28(30)23(2)3/h12-19H,2,4-11,20-22H2,1,3H3. The van der Waals surface area contributed by atoms with Gasteiger partial charge in [-0.1, -0.05) is 32.8 Å². The summed E-state index contributed by atoms with van der Waals surface area (Å²) in [6.07, 6.45) is 8.31. The van der Waals surface area contributed by atoms with Gasteiger partial charge in [-0.25, -0.2) is 9.59 Å². The Bertz CT molecular complexity index is 902.